The summed E-state index contributed by atoms with van der Waals surface area (Å²) < 4.78 is 53.7. The number of piperidine rings is 1. The highest BCUT2D eigenvalue weighted by Gasteiger charge is 2.59. The van der Waals surface area contributed by atoms with Gasteiger partial charge in [0.25, 0.3) is 11.8 Å². The second kappa shape index (κ2) is 13.0. The molecular formula is C30H34F4N6O6. The summed E-state index contributed by atoms with van der Waals surface area (Å²) in [6.45, 7) is 3.61. The first-order valence-electron chi connectivity index (χ1n) is 14.5. The fourth-order valence-corrected chi connectivity index (χ4v) is 5.56. The smallest absolute Gasteiger partial charge is 0.433 e. The van der Waals surface area contributed by atoms with Crippen LogP contribution in [0.2, 0.25) is 0 Å². The first-order chi connectivity index (χ1) is 21.5. The van der Waals surface area contributed by atoms with Gasteiger partial charge in [0.15, 0.2) is 11.5 Å². The van der Waals surface area contributed by atoms with Crippen LogP contribution in [0.5, 0.6) is 0 Å². The topological polar surface area (TPSA) is 143 Å². The first-order valence-corrected chi connectivity index (χ1v) is 14.5. The number of hydrogen-bond donors (Lipinski definition) is 2. The molecule has 0 aliphatic carbocycles. The van der Waals surface area contributed by atoms with Gasteiger partial charge in [-0.1, -0.05) is 13.8 Å². The van der Waals surface area contributed by atoms with Crippen LogP contribution in [0.4, 0.5) is 28.0 Å². The average Bonchev–Trinajstić information content (AvgIpc) is 3.18. The van der Waals surface area contributed by atoms with E-state index < -0.39 is 70.6 Å². The highest BCUT2D eigenvalue weighted by molar-refractivity contribution is 6.17. The third-order valence-electron chi connectivity index (χ3n) is 8.11. The van der Waals surface area contributed by atoms with Crippen LogP contribution in [0.3, 0.4) is 0 Å². The number of carboxylic acid groups (broad SMARTS) is 1. The molecule has 1 unspecified atom stereocenters. The molecule has 2 fully saturated rings. The Morgan fingerprint density at radius 3 is 2.17 bits per heavy atom. The number of hydrogen-bond acceptors (Lipinski definition) is 7. The van der Waals surface area contributed by atoms with E-state index in [-0.39, 0.29) is 38.0 Å². The fourth-order valence-electron chi connectivity index (χ4n) is 5.56. The lowest BCUT2D eigenvalue weighted by Crippen LogP contribution is -2.60. The molecule has 5 amide bonds. The highest BCUT2D eigenvalue weighted by atomic mass is 19.4. The van der Waals surface area contributed by atoms with Crippen LogP contribution in [0, 0.1) is 11.7 Å². The number of nitrogens with zero attached hydrogens (tertiary/aromatic N) is 5. The number of imide groups is 1. The number of benzene rings is 1. The molecule has 2 N–H and O–H groups in total. The zero-order valence-corrected chi connectivity index (χ0v) is 25.6. The van der Waals surface area contributed by atoms with Crippen LogP contribution in [0.25, 0.3) is 0 Å². The number of nitrogens with one attached hydrogen (secondary N) is 1. The number of rotatable bonds is 9. The minimum absolute atomic E-state index is 0.00499. The summed E-state index contributed by atoms with van der Waals surface area (Å²) in [4.78, 5) is 74.2. The number of anilines is 1. The summed E-state index contributed by atoms with van der Waals surface area (Å²) in [5.41, 5.74) is -3.67. The Bertz CT molecular complexity index is 1520. The number of likely N-dealkylation sites (N-methyl/N-ethyl adjacent to an activating group) is 1. The van der Waals surface area contributed by atoms with Gasteiger partial charge in [0.1, 0.15) is 17.3 Å². The number of amides is 5. The van der Waals surface area contributed by atoms with Crippen LogP contribution >= 0.6 is 0 Å². The molecule has 0 radical (unpaired) electrons. The summed E-state index contributed by atoms with van der Waals surface area (Å²) >= 11 is 0. The van der Waals surface area contributed by atoms with Crippen molar-refractivity contribution >= 4 is 35.4 Å². The van der Waals surface area contributed by atoms with E-state index in [0.29, 0.717) is 24.4 Å². The molecule has 1 aromatic heterocycles. The minimum atomic E-state index is -4.92. The van der Waals surface area contributed by atoms with Crippen molar-refractivity contribution in [3.8, 4) is 0 Å². The van der Waals surface area contributed by atoms with Gasteiger partial charge >= 0.3 is 18.2 Å². The largest absolute Gasteiger partial charge is 0.478 e. The van der Waals surface area contributed by atoms with E-state index in [1.807, 2.05) is 0 Å². The maximum Gasteiger partial charge on any atom is 0.433 e. The predicted molar refractivity (Wildman–Crippen MR) is 155 cm³/mol. The Hall–Kier alpha value is -4.60. The SMILES string of the molecule is CC(C)C(NC(=O)c1nc(C(F)(F)F)ccc1F)C(=O)N1CCC2(CC1)C(=O)N(CCN(C)C)C(=O)N2c1ccc(C(=O)O)cc1. The molecule has 12 nitrogen and oxygen atoms in total. The number of carbonyl (C=O) groups excluding carboxylic acids is 4. The van der Waals surface area contributed by atoms with Gasteiger partial charge in [-0.15, -0.1) is 0 Å². The summed E-state index contributed by atoms with van der Waals surface area (Å²) in [6.07, 6.45) is -4.91. The number of aromatic nitrogens is 1. The molecule has 2 aliphatic rings. The standard InChI is InChI=1S/C30H34F4N6O6/c1-17(2)22(36-24(41)23-20(31)9-10-21(35-23)30(32,33)34)25(42)38-13-11-29(12-14-38)27(45)39(16-15-37(3)4)28(46)40(29)19-7-5-18(6-8-19)26(43)44/h5-10,17,22H,11-16H2,1-4H3,(H,36,41)(H,43,44). The van der Waals surface area contributed by atoms with Gasteiger partial charge < -0.3 is 20.2 Å². The lowest BCUT2D eigenvalue weighted by molar-refractivity contribution is -0.141. The van der Waals surface area contributed by atoms with Gasteiger partial charge in [-0.2, -0.15) is 13.2 Å². The van der Waals surface area contributed by atoms with E-state index in [4.69, 9.17) is 0 Å². The van der Waals surface area contributed by atoms with E-state index in [0.717, 1.165) is 4.90 Å². The summed E-state index contributed by atoms with van der Waals surface area (Å²) in [7, 11) is 3.57. The van der Waals surface area contributed by atoms with Crippen molar-refractivity contribution in [1.29, 1.82) is 0 Å². The zero-order valence-electron chi connectivity index (χ0n) is 25.6. The number of pyridine rings is 1. The van der Waals surface area contributed by atoms with E-state index >= 15 is 0 Å². The molecule has 4 rings (SSSR count). The van der Waals surface area contributed by atoms with Crippen molar-refractivity contribution in [2.45, 2.75) is 44.4 Å². The van der Waals surface area contributed by atoms with Gasteiger partial charge in [0.05, 0.1) is 5.56 Å². The van der Waals surface area contributed by atoms with Crippen molar-refractivity contribution in [3.63, 3.8) is 0 Å². The highest BCUT2D eigenvalue weighted by Crippen LogP contribution is 2.41. The number of aromatic carboxylic acids is 1. The van der Waals surface area contributed by atoms with Gasteiger partial charge in [-0.3, -0.25) is 24.2 Å². The van der Waals surface area contributed by atoms with E-state index in [1.165, 1.54) is 34.1 Å². The third kappa shape index (κ3) is 6.66. The lowest BCUT2D eigenvalue weighted by Gasteiger charge is -2.43. The normalized spacial score (nSPS) is 17.3. The van der Waals surface area contributed by atoms with Crippen molar-refractivity contribution < 1.29 is 46.6 Å². The zero-order chi connectivity index (χ0) is 34.1. The van der Waals surface area contributed by atoms with Crippen molar-refractivity contribution in [2.75, 3.05) is 45.2 Å². The number of carbonyl (C=O) groups is 5. The maximum absolute atomic E-state index is 14.3. The van der Waals surface area contributed by atoms with Crippen LogP contribution in [-0.2, 0) is 15.8 Å². The predicted octanol–water partition coefficient (Wildman–Crippen LogP) is 3.08. The van der Waals surface area contributed by atoms with Crippen LogP contribution in [0.15, 0.2) is 36.4 Å². The van der Waals surface area contributed by atoms with Crippen LogP contribution in [-0.4, -0.2) is 106 Å². The average molecular weight is 651 g/mol. The maximum atomic E-state index is 14.3. The molecule has 1 atom stereocenters. The molecule has 248 valence electrons. The number of carboxylic acids is 1. The Kier molecular flexibility index (Phi) is 9.70. The molecule has 2 aliphatic heterocycles. The molecule has 0 saturated carbocycles. The molecule has 0 bridgehead atoms. The minimum Gasteiger partial charge on any atom is -0.478 e. The van der Waals surface area contributed by atoms with Crippen LogP contribution < -0.4 is 10.2 Å². The summed E-state index contributed by atoms with van der Waals surface area (Å²) in [5, 5.41) is 11.6. The van der Waals surface area contributed by atoms with E-state index in [9.17, 15) is 46.6 Å². The number of halogens is 4. The Balaban J connectivity index is 1.57. The monoisotopic (exact) mass is 650 g/mol. The Morgan fingerprint density at radius 2 is 1.65 bits per heavy atom. The molecule has 2 aromatic rings. The van der Waals surface area contributed by atoms with Crippen LogP contribution in [0.1, 0.15) is 53.2 Å². The van der Waals surface area contributed by atoms with E-state index in [1.54, 1.807) is 32.8 Å². The molecule has 1 spiro atoms. The Morgan fingerprint density at radius 1 is 1.04 bits per heavy atom. The van der Waals surface area contributed by atoms with Crippen molar-refractivity contribution in [1.82, 2.24) is 25.0 Å². The first kappa shape index (κ1) is 34.3. The second-order valence-corrected chi connectivity index (χ2v) is 11.8. The molecule has 2 saturated heterocycles. The molecule has 46 heavy (non-hydrogen) atoms. The third-order valence-corrected chi connectivity index (χ3v) is 8.11. The summed E-state index contributed by atoms with van der Waals surface area (Å²) in [5.74, 6) is -5.39. The lowest BCUT2D eigenvalue weighted by atomic mass is 9.84. The van der Waals surface area contributed by atoms with Crippen molar-refractivity contribution in [2.24, 2.45) is 5.92 Å². The quantitative estimate of drug-likeness (QED) is 0.312. The number of alkyl halides is 3. The van der Waals surface area contributed by atoms with Crippen molar-refractivity contribution in [3.05, 3.63) is 59.2 Å². The molecule has 1 aromatic carbocycles. The molecule has 3 heterocycles. The van der Waals surface area contributed by atoms with Gasteiger partial charge in [-0.25, -0.2) is 19.0 Å². The summed E-state index contributed by atoms with van der Waals surface area (Å²) in [6, 6.07) is 4.55. The van der Waals surface area contributed by atoms with Gasteiger partial charge in [0.2, 0.25) is 5.91 Å². The number of likely N-dealkylation sites (tertiary alicyclic amines) is 1. The number of urea groups is 1. The Labute approximate surface area is 261 Å². The van der Waals surface area contributed by atoms with E-state index in [2.05, 4.69) is 10.3 Å². The molecule has 16 heteroatoms. The molecular weight excluding hydrogens is 616 g/mol. The van der Waals surface area contributed by atoms with Gasteiger partial charge in [0, 0.05) is 31.9 Å². The van der Waals surface area contributed by atoms with Gasteiger partial charge in [-0.05, 0) is 69.3 Å². The second-order valence-electron chi connectivity index (χ2n) is 11.8. The fraction of sp³-hybridized carbons (Fsp3) is 0.467.